The number of ether oxygens (including phenoxy) is 1. The zero-order valence-electron chi connectivity index (χ0n) is 38.7. The first kappa shape index (κ1) is 57.8. The zero-order chi connectivity index (χ0) is 43.2. The van der Waals surface area contributed by atoms with Crippen molar-refractivity contribution >= 4 is 19.7 Å². The second kappa shape index (κ2) is 46.3. The fourth-order valence-electron chi connectivity index (χ4n) is 7.38. The Morgan fingerprint density at radius 3 is 1.27 bits per heavy atom. The van der Waals surface area contributed by atoms with Crippen LogP contribution in [0.3, 0.4) is 0 Å². The quantitative estimate of drug-likeness (QED) is 0.0239. The Morgan fingerprint density at radius 2 is 0.864 bits per heavy atom. The molecule has 2 unspecified atom stereocenters. The van der Waals surface area contributed by atoms with Crippen molar-refractivity contribution in [2.24, 2.45) is 0 Å². The molecule has 0 radical (unpaired) electrons. The van der Waals surface area contributed by atoms with Gasteiger partial charge in [0.2, 0.25) is 5.91 Å². The van der Waals surface area contributed by atoms with E-state index in [9.17, 15) is 24.2 Å². The number of amides is 1. The lowest BCUT2D eigenvalue weighted by atomic mass is 10.0. The van der Waals surface area contributed by atoms with Gasteiger partial charge in [-0.15, -0.1) is 0 Å². The Labute approximate surface area is 364 Å². The number of allylic oxidation sites excluding steroid dienone is 2. The molecule has 0 spiro atoms. The molecule has 10 heteroatoms. The first-order valence-corrected chi connectivity index (χ1v) is 26.7. The van der Waals surface area contributed by atoms with Crippen LogP contribution in [0.4, 0.5) is 0 Å². The average molecular weight is 858 g/mol. The molecule has 0 aliphatic carbocycles. The molecule has 0 aliphatic rings. The van der Waals surface area contributed by atoms with E-state index in [0.717, 1.165) is 38.5 Å². The number of phosphoric ester groups is 1. The maximum Gasteiger partial charge on any atom is 0.472 e. The van der Waals surface area contributed by atoms with E-state index in [2.05, 4.69) is 31.3 Å². The van der Waals surface area contributed by atoms with Gasteiger partial charge in [-0.2, -0.15) is 0 Å². The molecule has 0 saturated carbocycles. The van der Waals surface area contributed by atoms with Crippen LogP contribution in [0, 0.1) is 0 Å². The number of rotatable bonds is 48. The fraction of sp³-hybridized carbons (Fsp3) is 0.918. The van der Waals surface area contributed by atoms with E-state index in [-0.39, 0.29) is 32.1 Å². The Morgan fingerprint density at radius 1 is 0.508 bits per heavy atom. The molecule has 59 heavy (non-hydrogen) atoms. The molecule has 0 heterocycles. The van der Waals surface area contributed by atoms with Crippen LogP contribution in [0.2, 0.25) is 0 Å². The van der Waals surface area contributed by atoms with Crippen LogP contribution in [-0.2, 0) is 27.9 Å². The molecule has 0 bridgehead atoms. The molecule has 0 fully saturated rings. The van der Waals surface area contributed by atoms with Crippen molar-refractivity contribution in [2.45, 2.75) is 264 Å². The van der Waals surface area contributed by atoms with Gasteiger partial charge in [-0.05, 0) is 38.5 Å². The zero-order valence-corrected chi connectivity index (χ0v) is 39.6. The molecule has 0 aliphatic heterocycles. The maximum atomic E-state index is 12.1. The third kappa shape index (κ3) is 47.6. The van der Waals surface area contributed by atoms with Gasteiger partial charge in [0.25, 0.3) is 0 Å². The van der Waals surface area contributed by atoms with E-state index in [4.69, 9.17) is 13.8 Å². The minimum absolute atomic E-state index is 0.0856. The molecular weight excluding hydrogens is 762 g/mol. The molecule has 2 atom stereocenters. The smallest absolute Gasteiger partial charge is 0.463 e. The summed E-state index contributed by atoms with van der Waals surface area (Å²) in [5, 5.41) is 12.7. The van der Waals surface area contributed by atoms with Crippen LogP contribution in [0.15, 0.2) is 12.2 Å². The highest BCUT2D eigenvalue weighted by Gasteiger charge is 2.23. The minimum atomic E-state index is -4.42. The number of esters is 1. The van der Waals surface area contributed by atoms with Crippen LogP contribution in [0.25, 0.3) is 0 Å². The highest BCUT2D eigenvalue weighted by molar-refractivity contribution is 7.47. The van der Waals surface area contributed by atoms with E-state index in [1.807, 2.05) is 0 Å². The van der Waals surface area contributed by atoms with Crippen LogP contribution < -0.4 is 5.32 Å². The van der Waals surface area contributed by atoms with E-state index in [0.29, 0.717) is 6.42 Å². The van der Waals surface area contributed by atoms with Crippen molar-refractivity contribution in [3.05, 3.63) is 12.2 Å². The molecule has 0 aromatic rings. The normalized spacial score (nSPS) is 13.2. The molecule has 3 N–H and O–H groups in total. The Balaban J connectivity index is 3.52. The lowest BCUT2D eigenvalue weighted by Gasteiger charge is -2.15. The summed E-state index contributed by atoms with van der Waals surface area (Å²) in [4.78, 5) is 34.0. The average Bonchev–Trinajstić information content (AvgIpc) is 3.22. The monoisotopic (exact) mass is 858 g/mol. The number of aliphatic hydroxyl groups is 1. The number of aliphatic hydroxyl groups excluding tert-OH is 1. The number of carbonyl (C=O) groups is 2. The summed E-state index contributed by atoms with van der Waals surface area (Å²) in [6.45, 7) is 3.60. The van der Waals surface area contributed by atoms with Crippen LogP contribution in [0.5, 0.6) is 0 Å². The first-order valence-electron chi connectivity index (χ1n) is 25.2. The summed E-state index contributed by atoms with van der Waals surface area (Å²) in [5.41, 5.74) is 0. The molecule has 0 aromatic heterocycles. The van der Waals surface area contributed by atoms with Crippen LogP contribution in [0.1, 0.15) is 258 Å². The van der Waals surface area contributed by atoms with Gasteiger partial charge in [0.1, 0.15) is 12.7 Å². The summed E-state index contributed by atoms with van der Waals surface area (Å²) in [7, 11) is -4.42. The largest absolute Gasteiger partial charge is 0.472 e. The summed E-state index contributed by atoms with van der Waals surface area (Å²) in [5.74, 6) is -0.504. The summed E-state index contributed by atoms with van der Waals surface area (Å²) < 4.78 is 27.0. The Bertz CT molecular complexity index is 980. The van der Waals surface area contributed by atoms with Crippen LogP contribution in [-0.4, -0.2) is 54.3 Å². The second-order valence-corrected chi connectivity index (χ2v) is 18.6. The van der Waals surface area contributed by atoms with Gasteiger partial charge in [-0.1, -0.05) is 219 Å². The fourth-order valence-corrected chi connectivity index (χ4v) is 8.13. The van der Waals surface area contributed by atoms with E-state index < -0.39 is 26.5 Å². The maximum absolute atomic E-state index is 12.1. The number of hydrogen-bond donors (Lipinski definition) is 3. The van der Waals surface area contributed by atoms with E-state index in [1.54, 1.807) is 0 Å². The topological polar surface area (TPSA) is 131 Å². The summed E-state index contributed by atoms with van der Waals surface area (Å²) in [6.07, 6.45) is 50.0. The third-order valence-electron chi connectivity index (χ3n) is 11.2. The highest BCUT2D eigenvalue weighted by Crippen LogP contribution is 2.42. The predicted molar refractivity (Wildman–Crippen MR) is 248 cm³/mol. The van der Waals surface area contributed by atoms with Crippen molar-refractivity contribution in [2.75, 3.05) is 26.4 Å². The third-order valence-corrected chi connectivity index (χ3v) is 12.2. The minimum Gasteiger partial charge on any atom is -0.463 e. The van der Waals surface area contributed by atoms with Crippen molar-refractivity contribution in [1.82, 2.24) is 5.32 Å². The number of carbonyl (C=O) groups excluding carboxylic acids is 2. The van der Waals surface area contributed by atoms with Crippen molar-refractivity contribution in [1.29, 1.82) is 0 Å². The molecule has 1 amide bonds. The van der Waals surface area contributed by atoms with Gasteiger partial charge in [-0.3, -0.25) is 18.6 Å². The molecule has 0 saturated heterocycles. The van der Waals surface area contributed by atoms with Gasteiger partial charge < -0.3 is 20.1 Å². The van der Waals surface area contributed by atoms with E-state index in [1.165, 1.54) is 193 Å². The number of phosphoric acid groups is 1. The molecular formula is C49H96NO8P. The van der Waals surface area contributed by atoms with Crippen molar-refractivity contribution < 1.29 is 37.9 Å². The van der Waals surface area contributed by atoms with Gasteiger partial charge in [-0.25, -0.2) is 4.57 Å². The Hall–Kier alpha value is -1.25. The number of unbranched alkanes of at least 4 members (excludes halogenated alkanes) is 33. The van der Waals surface area contributed by atoms with Gasteiger partial charge in [0, 0.05) is 19.4 Å². The standard InChI is InChI=1S/C49H96NO8P/c1-3-5-7-9-11-13-15-17-19-21-22-23-24-26-27-29-31-33-35-37-39-41-48(52)50-43-44-57-59(54,55)58-46-47(51)45-56-49(53)42-40-38-36-34-32-30-28-25-20-18-16-14-12-10-8-6-4-2/h17,19,47,51H,3-16,18,20-46H2,1-2H3,(H,50,52)(H,54,55)/b19-17+. The molecule has 0 aromatic carbocycles. The van der Waals surface area contributed by atoms with E-state index >= 15 is 0 Å². The highest BCUT2D eigenvalue weighted by atomic mass is 31.2. The number of nitrogens with one attached hydrogen (secondary N) is 1. The summed E-state index contributed by atoms with van der Waals surface area (Å²) >= 11 is 0. The first-order chi connectivity index (χ1) is 28.8. The number of hydrogen-bond acceptors (Lipinski definition) is 7. The van der Waals surface area contributed by atoms with Crippen molar-refractivity contribution in [3.8, 4) is 0 Å². The lowest BCUT2D eigenvalue weighted by Crippen LogP contribution is -2.27. The second-order valence-electron chi connectivity index (χ2n) is 17.1. The summed E-state index contributed by atoms with van der Waals surface area (Å²) in [6, 6.07) is 0. The molecule has 0 rings (SSSR count). The van der Waals surface area contributed by atoms with Crippen molar-refractivity contribution in [3.63, 3.8) is 0 Å². The predicted octanol–water partition coefficient (Wildman–Crippen LogP) is 14.6. The lowest BCUT2D eigenvalue weighted by molar-refractivity contribution is -0.147. The van der Waals surface area contributed by atoms with Crippen LogP contribution >= 0.6 is 7.82 Å². The SMILES string of the molecule is CCCCCCCC/C=C/CCCCCCCCCCCCCC(=O)NCCOP(=O)(O)OCC(O)COC(=O)CCCCCCCCCCCCCCCCCCC. The van der Waals surface area contributed by atoms with Gasteiger partial charge in [0.05, 0.1) is 13.2 Å². The van der Waals surface area contributed by atoms with Gasteiger partial charge in [0.15, 0.2) is 0 Å². The molecule has 9 nitrogen and oxygen atoms in total. The molecule has 350 valence electrons. The van der Waals surface area contributed by atoms with Gasteiger partial charge >= 0.3 is 13.8 Å². The Kier molecular flexibility index (Phi) is 45.3.